The molecule has 2 heterocycles. The van der Waals surface area contributed by atoms with Gasteiger partial charge < -0.3 is 10.5 Å². The van der Waals surface area contributed by atoms with Crippen molar-refractivity contribution in [2.45, 2.75) is 70.2 Å². The summed E-state index contributed by atoms with van der Waals surface area (Å²) in [6, 6.07) is 2.66. The van der Waals surface area contributed by atoms with E-state index in [0.717, 1.165) is 25.3 Å². The molecule has 1 aromatic rings. The topological polar surface area (TPSA) is 55.6 Å². The van der Waals surface area contributed by atoms with Gasteiger partial charge in [-0.3, -0.25) is 4.79 Å². The SMILES string of the molecule is C/C=C(\C=C/CC)C1CC[C@H](C)N(Cc2cc(F)c(C(CC3COC3)C(N)=O)cc2F)S1. The molecule has 32 heavy (non-hydrogen) atoms. The number of benzene rings is 1. The number of ether oxygens (including phenoxy) is 1. The molecule has 176 valence electrons. The number of hydrogen-bond acceptors (Lipinski definition) is 4. The molecule has 2 unspecified atom stereocenters. The van der Waals surface area contributed by atoms with E-state index in [9.17, 15) is 4.79 Å². The molecule has 0 radical (unpaired) electrons. The van der Waals surface area contributed by atoms with Gasteiger partial charge in [-0.05, 0) is 57.2 Å². The minimum absolute atomic E-state index is 0.0452. The van der Waals surface area contributed by atoms with E-state index in [4.69, 9.17) is 10.5 Å². The van der Waals surface area contributed by atoms with Gasteiger partial charge in [0.2, 0.25) is 5.91 Å². The van der Waals surface area contributed by atoms with Crippen molar-refractivity contribution in [3.63, 3.8) is 0 Å². The van der Waals surface area contributed by atoms with E-state index >= 15 is 8.78 Å². The first kappa shape index (κ1) is 24.9. The number of rotatable bonds is 9. The highest BCUT2D eigenvalue weighted by molar-refractivity contribution is 7.97. The Hall–Kier alpha value is -1.70. The molecule has 0 spiro atoms. The van der Waals surface area contributed by atoms with Gasteiger partial charge in [-0.2, -0.15) is 0 Å². The van der Waals surface area contributed by atoms with Gasteiger partial charge in [0, 0.05) is 34.9 Å². The fraction of sp³-hybridized carbons (Fsp3) is 0.560. The van der Waals surface area contributed by atoms with Crippen molar-refractivity contribution in [3.8, 4) is 0 Å². The highest BCUT2D eigenvalue weighted by Gasteiger charge is 2.31. The molecular formula is C25H34F2N2O2S. The minimum atomic E-state index is -0.845. The van der Waals surface area contributed by atoms with Crippen molar-refractivity contribution in [1.29, 1.82) is 0 Å². The first-order valence-electron chi connectivity index (χ1n) is 11.4. The van der Waals surface area contributed by atoms with E-state index in [0.29, 0.717) is 37.0 Å². The van der Waals surface area contributed by atoms with E-state index in [2.05, 4.69) is 36.4 Å². The van der Waals surface area contributed by atoms with Gasteiger partial charge in [0.25, 0.3) is 0 Å². The number of carbonyl (C=O) groups excluding carboxylic acids is 1. The fourth-order valence-corrected chi connectivity index (χ4v) is 5.66. The summed E-state index contributed by atoms with van der Waals surface area (Å²) in [4.78, 5) is 12.0. The highest BCUT2D eigenvalue weighted by atomic mass is 32.2. The maximum absolute atomic E-state index is 15.1. The van der Waals surface area contributed by atoms with Crippen molar-refractivity contribution in [2.24, 2.45) is 11.7 Å². The largest absolute Gasteiger partial charge is 0.381 e. The molecule has 0 aromatic heterocycles. The Balaban J connectivity index is 1.76. The molecule has 3 atom stereocenters. The standard InChI is InChI=1S/C25H34F2N2O2S/c1-4-6-7-18(5-2)24-9-8-16(3)29(32-24)13-19-11-23(27)20(12-22(19)26)21(25(28)30)10-17-14-31-15-17/h5-7,11-12,16-17,21,24H,4,8-10,13-15H2,1-3H3,(H2,28,30)/b7-6-,18-5+/t16-,21?,24?/m0/s1. The lowest BCUT2D eigenvalue weighted by molar-refractivity contribution is -0.121. The van der Waals surface area contributed by atoms with Gasteiger partial charge in [0.05, 0.1) is 19.1 Å². The third-order valence-corrected chi connectivity index (χ3v) is 7.86. The second-order valence-corrected chi connectivity index (χ2v) is 10.0. The molecule has 2 N–H and O–H groups in total. The lowest BCUT2D eigenvalue weighted by Gasteiger charge is -2.37. The maximum Gasteiger partial charge on any atom is 0.225 e. The van der Waals surface area contributed by atoms with Gasteiger partial charge in [-0.25, -0.2) is 13.1 Å². The molecule has 2 saturated heterocycles. The number of primary amides is 1. The summed E-state index contributed by atoms with van der Waals surface area (Å²) >= 11 is 1.70. The maximum atomic E-state index is 15.1. The minimum Gasteiger partial charge on any atom is -0.381 e. The molecule has 1 aromatic carbocycles. The molecule has 2 aliphatic rings. The Labute approximate surface area is 194 Å². The van der Waals surface area contributed by atoms with E-state index in [1.54, 1.807) is 11.9 Å². The molecule has 2 aliphatic heterocycles. The fourth-order valence-electron chi connectivity index (χ4n) is 4.23. The Morgan fingerprint density at radius 1 is 1.31 bits per heavy atom. The van der Waals surface area contributed by atoms with Crippen LogP contribution >= 0.6 is 11.9 Å². The smallest absolute Gasteiger partial charge is 0.225 e. The van der Waals surface area contributed by atoms with Crippen LogP contribution in [-0.2, 0) is 16.1 Å². The first-order chi connectivity index (χ1) is 15.3. The van der Waals surface area contributed by atoms with Crippen LogP contribution in [0.1, 0.15) is 63.5 Å². The molecule has 1 amide bonds. The highest BCUT2D eigenvalue weighted by Crippen LogP contribution is 2.38. The summed E-state index contributed by atoms with van der Waals surface area (Å²) in [5, 5.41) is 0.301. The van der Waals surface area contributed by atoms with Gasteiger partial charge in [-0.15, -0.1) is 0 Å². The molecule has 0 bridgehead atoms. The second kappa shape index (κ2) is 11.4. The van der Waals surface area contributed by atoms with Gasteiger partial charge in [0.1, 0.15) is 11.6 Å². The van der Waals surface area contributed by atoms with Gasteiger partial charge in [-0.1, -0.05) is 37.1 Å². The number of amides is 1. The predicted octanol–water partition coefficient (Wildman–Crippen LogP) is 5.48. The lowest BCUT2D eigenvalue weighted by Crippen LogP contribution is -2.35. The summed E-state index contributed by atoms with van der Waals surface area (Å²) in [6.45, 7) is 7.62. The number of carbonyl (C=O) groups is 1. The zero-order chi connectivity index (χ0) is 23.3. The predicted molar refractivity (Wildman–Crippen MR) is 126 cm³/mol. The number of halogens is 2. The summed E-state index contributed by atoms with van der Waals surface area (Å²) in [5.74, 6) is -2.39. The number of hydrogen-bond donors (Lipinski definition) is 1. The molecule has 0 saturated carbocycles. The summed E-state index contributed by atoms with van der Waals surface area (Å²) < 4.78 is 37.4. The van der Waals surface area contributed by atoms with E-state index < -0.39 is 23.5 Å². The van der Waals surface area contributed by atoms with Crippen molar-refractivity contribution in [2.75, 3.05) is 13.2 Å². The molecule has 7 heteroatoms. The molecule has 4 nitrogen and oxygen atoms in total. The average molecular weight is 465 g/mol. The Kier molecular flexibility index (Phi) is 8.91. The van der Waals surface area contributed by atoms with Crippen LogP contribution in [0.15, 0.2) is 35.9 Å². The number of nitrogens with two attached hydrogens (primary N) is 1. The second-order valence-electron chi connectivity index (χ2n) is 8.75. The zero-order valence-electron chi connectivity index (χ0n) is 19.2. The summed E-state index contributed by atoms with van der Waals surface area (Å²) in [7, 11) is 0. The normalized spacial score (nSPS) is 24.0. The summed E-state index contributed by atoms with van der Waals surface area (Å²) in [6.07, 6.45) is 9.84. The monoisotopic (exact) mass is 464 g/mol. The molecule has 0 aliphatic carbocycles. The van der Waals surface area contributed by atoms with Crippen LogP contribution in [-0.4, -0.2) is 34.7 Å². The van der Waals surface area contributed by atoms with Crippen molar-refractivity contribution in [1.82, 2.24) is 4.31 Å². The quantitative estimate of drug-likeness (QED) is 0.388. The van der Waals surface area contributed by atoms with E-state index in [1.807, 2.05) is 6.92 Å². The number of allylic oxidation sites excluding steroid dienone is 3. The van der Waals surface area contributed by atoms with Crippen LogP contribution in [0, 0.1) is 17.6 Å². The van der Waals surface area contributed by atoms with E-state index in [-0.39, 0.29) is 17.5 Å². The van der Waals surface area contributed by atoms with Crippen LogP contribution in [0.3, 0.4) is 0 Å². The molecule has 3 rings (SSSR count). The van der Waals surface area contributed by atoms with E-state index in [1.165, 1.54) is 11.6 Å². The van der Waals surface area contributed by atoms with Crippen LogP contribution < -0.4 is 5.73 Å². The Morgan fingerprint density at radius 2 is 2.06 bits per heavy atom. The van der Waals surface area contributed by atoms with Crippen LogP contribution in [0.4, 0.5) is 8.78 Å². The third-order valence-electron chi connectivity index (χ3n) is 6.34. The van der Waals surface area contributed by atoms with Crippen molar-refractivity contribution < 1.29 is 18.3 Å². The van der Waals surface area contributed by atoms with Gasteiger partial charge in [0.15, 0.2) is 0 Å². The lowest BCUT2D eigenvalue weighted by atomic mass is 9.86. The van der Waals surface area contributed by atoms with Crippen LogP contribution in [0.25, 0.3) is 0 Å². The average Bonchev–Trinajstić information content (AvgIpc) is 2.72. The molecular weight excluding hydrogens is 430 g/mol. The summed E-state index contributed by atoms with van der Waals surface area (Å²) in [5.41, 5.74) is 7.13. The van der Waals surface area contributed by atoms with Crippen LogP contribution in [0.2, 0.25) is 0 Å². The van der Waals surface area contributed by atoms with Gasteiger partial charge >= 0.3 is 0 Å². The first-order valence-corrected chi connectivity index (χ1v) is 12.3. The Morgan fingerprint density at radius 3 is 2.66 bits per heavy atom. The zero-order valence-corrected chi connectivity index (χ0v) is 20.0. The van der Waals surface area contributed by atoms with Crippen molar-refractivity contribution in [3.05, 3.63) is 58.7 Å². The Bertz CT molecular complexity index is 870. The third kappa shape index (κ3) is 6.00. The van der Waals surface area contributed by atoms with Crippen LogP contribution in [0.5, 0.6) is 0 Å². The number of nitrogens with zero attached hydrogens (tertiary/aromatic N) is 1. The van der Waals surface area contributed by atoms with Crippen molar-refractivity contribution >= 4 is 17.9 Å². The molecule has 2 fully saturated rings.